The molecule has 0 radical (unpaired) electrons. The highest BCUT2D eigenvalue weighted by molar-refractivity contribution is 9.09. The van der Waals surface area contributed by atoms with Crippen LogP contribution in [0.5, 0.6) is 0 Å². The third-order valence-corrected chi connectivity index (χ3v) is 3.26. The van der Waals surface area contributed by atoms with Crippen molar-refractivity contribution in [3.05, 3.63) is 35.6 Å². The maximum Gasteiger partial charge on any atom is 0.289 e. The summed E-state index contributed by atoms with van der Waals surface area (Å²) in [6.45, 7) is 5.36. The first-order chi connectivity index (χ1) is 8.65. The number of carbonyl (C=O) groups is 1. The molecule has 0 spiro atoms. The second-order valence-electron chi connectivity index (χ2n) is 4.23. The Morgan fingerprint density at radius 3 is 2.83 bits per heavy atom. The molecule has 2 aromatic rings. The Morgan fingerprint density at radius 1 is 1.39 bits per heavy atom. The third-order valence-electron chi connectivity index (χ3n) is 2.91. The van der Waals surface area contributed by atoms with Crippen LogP contribution in [0.3, 0.4) is 0 Å². The molecule has 0 saturated carbocycles. The van der Waals surface area contributed by atoms with Crippen molar-refractivity contribution in [2.24, 2.45) is 0 Å². The summed E-state index contributed by atoms with van der Waals surface area (Å²) in [6.07, 6.45) is 0. The Balaban J connectivity index is 2.32. The van der Waals surface area contributed by atoms with Crippen molar-refractivity contribution in [3.63, 3.8) is 0 Å². The number of carbonyl (C=O) groups excluding carboxylic acids is 1. The number of benzene rings is 1. The third kappa shape index (κ3) is 2.58. The van der Waals surface area contributed by atoms with Gasteiger partial charge in [-0.2, -0.15) is 0 Å². The highest BCUT2D eigenvalue weighted by atomic mass is 79.9. The molecule has 1 aromatic heterocycles. The predicted octanol–water partition coefficient (Wildman–Crippen LogP) is 3.60. The maximum absolute atomic E-state index is 12.2. The van der Waals surface area contributed by atoms with Gasteiger partial charge in [-0.3, -0.25) is 4.79 Å². The van der Waals surface area contributed by atoms with Gasteiger partial charge in [0, 0.05) is 23.8 Å². The van der Waals surface area contributed by atoms with Gasteiger partial charge < -0.3 is 9.32 Å². The molecule has 0 saturated heterocycles. The average Bonchev–Trinajstić information content (AvgIpc) is 2.77. The van der Waals surface area contributed by atoms with E-state index in [0.29, 0.717) is 18.8 Å². The fourth-order valence-electron chi connectivity index (χ4n) is 1.93. The van der Waals surface area contributed by atoms with Crippen LogP contribution in [0.15, 0.2) is 28.7 Å². The Hall–Kier alpha value is -1.29. The Morgan fingerprint density at radius 2 is 2.17 bits per heavy atom. The van der Waals surface area contributed by atoms with E-state index in [4.69, 9.17) is 4.42 Å². The minimum atomic E-state index is -0.0502. The number of aryl methyl sites for hydroxylation is 1. The van der Waals surface area contributed by atoms with Crippen molar-refractivity contribution in [1.82, 2.24) is 4.90 Å². The number of fused-ring (bicyclic) bond motifs is 1. The quantitative estimate of drug-likeness (QED) is 0.809. The molecule has 1 amide bonds. The molecule has 96 valence electrons. The average molecular weight is 310 g/mol. The maximum atomic E-state index is 12.2. The minimum absolute atomic E-state index is 0.0502. The van der Waals surface area contributed by atoms with Crippen LogP contribution >= 0.6 is 15.9 Å². The number of rotatable bonds is 4. The molecule has 0 N–H and O–H groups in total. The Kier molecular flexibility index (Phi) is 4.07. The highest BCUT2D eigenvalue weighted by Crippen LogP contribution is 2.21. The number of nitrogens with zero attached hydrogens (tertiary/aromatic N) is 1. The van der Waals surface area contributed by atoms with Gasteiger partial charge in [-0.25, -0.2) is 0 Å². The molecule has 0 aliphatic rings. The minimum Gasteiger partial charge on any atom is -0.451 e. The molecule has 0 aliphatic carbocycles. The summed E-state index contributed by atoms with van der Waals surface area (Å²) in [5.74, 6) is 0.365. The second kappa shape index (κ2) is 5.57. The molecule has 2 rings (SSSR count). The summed E-state index contributed by atoms with van der Waals surface area (Å²) >= 11 is 3.35. The van der Waals surface area contributed by atoms with Crippen LogP contribution in [0.1, 0.15) is 23.0 Å². The lowest BCUT2D eigenvalue weighted by Crippen LogP contribution is -2.32. The lowest BCUT2D eigenvalue weighted by atomic mass is 10.2. The van der Waals surface area contributed by atoms with E-state index in [1.165, 1.54) is 0 Å². The first-order valence-electron chi connectivity index (χ1n) is 6.01. The van der Waals surface area contributed by atoms with Gasteiger partial charge in [0.2, 0.25) is 0 Å². The topological polar surface area (TPSA) is 33.5 Å². The van der Waals surface area contributed by atoms with Gasteiger partial charge in [0.15, 0.2) is 5.76 Å². The van der Waals surface area contributed by atoms with Crippen molar-refractivity contribution in [1.29, 1.82) is 0 Å². The highest BCUT2D eigenvalue weighted by Gasteiger charge is 2.17. The number of alkyl halides is 1. The molecule has 0 unspecified atom stereocenters. The summed E-state index contributed by atoms with van der Waals surface area (Å²) in [5, 5.41) is 1.75. The van der Waals surface area contributed by atoms with Crippen molar-refractivity contribution in [2.45, 2.75) is 13.8 Å². The predicted molar refractivity (Wildman–Crippen MR) is 76.3 cm³/mol. The molecule has 18 heavy (non-hydrogen) atoms. The fraction of sp³-hybridized carbons (Fsp3) is 0.357. The van der Waals surface area contributed by atoms with Gasteiger partial charge in [0.25, 0.3) is 5.91 Å². The summed E-state index contributed by atoms with van der Waals surface area (Å²) in [4.78, 5) is 14.0. The van der Waals surface area contributed by atoms with E-state index in [1.807, 2.05) is 38.1 Å². The number of halogens is 1. The van der Waals surface area contributed by atoms with Crippen LogP contribution < -0.4 is 0 Å². The second-order valence-corrected chi connectivity index (χ2v) is 5.02. The van der Waals surface area contributed by atoms with E-state index in [9.17, 15) is 4.79 Å². The normalized spacial score (nSPS) is 10.8. The number of hydrogen-bond acceptors (Lipinski definition) is 2. The summed E-state index contributed by atoms with van der Waals surface area (Å²) in [5.41, 5.74) is 1.92. The van der Waals surface area contributed by atoms with Gasteiger partial charge in [-0.15, -0.1) is 0 Å². The van der Waals surface area contributed by atoms with Gasteiger partial charge >= 0.3 is 0 Å². The van der Waals surface area contributed by atoms with Crippen LogP contribution in [0.25, 0.3) is 11.0 Å². The van der Waals surface area contributed by atoms with Crippen LogP contribution in [-0.4, -0.2) is 29.2 Å². The molecule has 0 atom stereocenters. The van der Waals surface area contributed by atoms with Crippen molar-refractivity contribution in [3.8, 4) is 0 Å². The summed E-state index contributed by atoms with van der Waals surface area (Å²) in [7, 11) is 0. The molecular formula is C14H16BrNO2. The molecule has 0 fully saturated rings. The summed E-state index contributed by atoms with van der Waals surface area (Å²) < 4.78 is 5.61. The molecule has 1 aromatic carbocycles. The number of amides is 1. The first-order valence-corrected chi connectivity index (χ1v) is 7.13. The largest absolute Gasteiger partial charge is 0.451 e. The SMILES string of the molecule is CCN(CCBr)C(=O)c1cc2cc(C)ccc2o1. The number of hydrogen-bond donors (Lipinski definition) is 0. The van der Waals surface area contributed by atoms with Gasteiger partial charge in [-0.05, 0) is 32.0 Å². The van der Waals surface area contributed by atoms with E-state index in [0.717, 1.165) is 21.9 Å². The van der Waals surface area contributed by atoms with Crippen LogP contribution in [0, 0.1) is 6.92 Å². The molecule has 0 bridgehead atoms. The first kappa shape index (κ1) is 13.1. The molecular weight excluding hydrogens is 294 g/mol. The fourth-order valence-corrected chi connectivity index (χ4v) is 2.36. The standard InChI is InChI=1S/C14H16BrNO2/c1-3-16(7-6-15)14(17)13-9-11-8-10(2)4-5-12(11)18-13/h4-5,8-9H,3,6-7H2,1-2H3. The van der Waals surface area contributed by atoms with Crippen molar-refractivity contribution < 1.29 is 9.21 Å². The van der Waals surface area contributed by atoms with E-state index >= 15 is 0 Å². The van der Waals surface area contributed by atoms with Gasteiger partial charge in [-0.1, -0.05) is 27.6 Å². The lowest BCUT2D eigenvalue weighted by Gasteiger charge is -2.17. The molecule has 0 aliphatic heterocycles. The van der Waals surface area contributed by atoms with E-state index in [1.54, 1.807) is 4.90 Å². The molecule has 4 heteroatoms. The number of furan rings is 1. The van der Waals surface area contributed by atoms with Crippen molar-refractivity contribution in [2.75, 3.05) is 18.4 Å². The van der Waals surface area contributed by atoms with E-state index < -0.39 is 0 Å². The van der Waals surface area contributed by atoms with Crippen LogP contribution in [0.2, 0.25) is 0 Å². The molecule has 1 heterocycles. The lowest BCUT2D eigenvalue weighted by molar-refractivity contribution is 0.0745. The van der Waals surface area contributed by atoms with Crippen molar-refractivity contribution >= 4 is 32.8 Å². The zero-order valence-corrected chi connectivity index (χ0v) is 12.2. The van der Waals surface area contributed by atoms with E-state index in [-0.39, 0.29) is 5.91 Å². The van der Waals surface area contributed by atoms with E-state index in [2.05, 4.69) is 15.9 Å². The zero-order valence-electron chi connectivity index (χ0n) is 10.6. The monoisotopic (exact) mass is 309 g/mol. The van der Waals surface area contributed by atoms with Crippen LogP contribution in [0.4, 0.5) is 0 Å². The molecule has 3 nitrogen and oxygen atoms in total. The summed E-state index contributed by atoms with van der Waals surface area (Å²) in [6, 6.07) is 7.73. The smallest absolute Gasteiger partial charge is 0.289 e. The Bertz CT molecular complexity index is 562. The zero-order chi connectivity index (χ0) is 13.1. The Labute approximate surface area is 115 Å². The van der Waals surface area contributed by atoms with Gasteiger partial charge in [0.1, 0.15) is 5.58 Å². The van der Waals surface area contributed by atoms with Gasteiger partial charge in [0.05, 0.1) is 0 Å². The van der Waals surface area contributed by atoms with Crippen LogP contribution in [-0.2, 0) is 0 Å².